The molecule has 0 N–H and O–H groups in total. The third-order valence-corrected chi connectivity index (χ3v) is 6.20. The second kappa shape index (κ2) is 6.17. The number of nitrogens with zero attached hydrogens (tertiary/aromatic N) is 3. The fourth-order valence-electron chi connectivity index (χ4n) is 3.63. The Bertz CT molecular complexity index is 871. The smallest absolute Gasteiger partial charge is 0.257 e. The lowest BCUT2D eigenvalue weighted by atomic mass is 10.1. The molecule has 2 aromatic rings. The predicted octanol–water partition coefficient (Wildman–Crippen LogP) is 3.09. The number of aryl methyl sites for hydroxylation is 1. The van der Waals surface area contributed by atoms with Crippen molar-refractivity contribution in [2.75, 3.05) is 13.1 Å². The molecule has 2 aliphatic rings. The number of aromatic nitrogens is 1. The highest BCUT2D eigenvalue weighted by Crippen LogP contribution is 2.34. The van der Waals surface area contributed by atoms with Gasteiger partial charge in [-0.15, -0.1) is 0 Å². The SMILES string of the molecule is Cc1cscc1C(=O)N1CC2CC1CN2C(=O)c1cc(Br)ncc1F. The molecule has 2 aliphatic heterocycles. The number of fused-ring (bicyclic) bond motifs is 2. The van der Waals surface area contributed by atoms with E-state index >= 15 is 0 Å². The second-order valence-corrected chi connectivity index (χ2v) is 7.97. The van der Waals surface area contributed by atoms with Crippen molar-refractivity contribution in [1.29, 1.82) is 0 Å². The van der Waals surface area contributed by atoms with E-state index in [1.165, 1.54) is 17.4 Å². The highest BCUT2D eigenvalue weighted by molar-refractivity contribution is 9.10. The van der Waals surface area contributed by atoms with Crippen molar-refractivity contribution in [3.8, 4) is 0 Å². The molecule has 0 saturated carbocycles. The van der Waals surface area contributed by atoms with Crippen molar-refractivity contribution in [2.24, 2.45) is 0 Å². The van der Waals surface area contributed by atoms with E-state index in [1.54, 1.807) is 4.90 Å². The minimum atomic E-state index is -0.627. The summed E-state index contributed by atoms with van der Waals surface area (Å²) in [6, 6.07) is 1.34. The van der Waals surface area contributed by atoms with Crippen LogP contribution in [0.25, 0.3) is 0 Å². The molecule has 2 atom stereocenters. The maximum absolute atomic E-state index is 14.0. The molecular weight excluding hydrogens is 409 g/mol. The molecule has 5 nitrogen and oxygen atoms in total. The van der Waals surface area contributed by atoms with Crippen LogP contribution < -0.4 is 0 Å². The minimum absolute atomic E-state index is 0.00547. The lowest BCUT2D eigenvalue weighted by molar-refractivity contribution is 0.0523. The molecule has 2 unspecified atom stereocenters. The predicted molar refractivity (Wildman–Crippen MR) is 95.2 cm³/mol. The normalized spacial score (nSPS) is 21.9. The molecule has 130 valence electrons. The molecule has 0 aliphatic carbocycles. The Morgan fingerprint density at radius 2 is 1.84 bits per heavy atom. The summed E-state index contributed by atoms with van der Waals surface area (Å²) < 4.78 is 14.4. The fraction of sp³-hybridized carbons (Fsp3) is 0.353. The molecule has 4 heterocycles. The maximum Gasteiger partial charge on any atom is 0.257 e. The van der Waals surface area contributed by atoms with Crippen LogP contribution in [0.2, 0.25) is 0 Å². The number of pyridine rings is 1. The number of amides is 2. The van der Waals surface area contributed by atoms with Gasteiger partial charge in [-0.2, -0.15) is 11.3 Å². The van der Waals surface area contributed by atoms with Crippen LogP contribution in [0.15, 0.2) is 27.6 Å². The van der Waals surface area contributed by atoms with Crippen LogP contribution in [-0.2, 0) is 0 Å². The van der Waals surface area contributed by atoms with Crippen LogP contribution in [0.3, 0.4) is 0 Å². The van der Waals surface area contributed by atoms with Crippen LogP contribution in [0.5, 0.6) is 0 Å². The number of likely N-dealkylation sites (tertiary alicyclic amines) is 2. The van der Waals surface area contributed by atoms with Crippen LogP contribution in [0.1, 0.15) is 32.7 Å². The average molecular weight is 424 g/mol. The maximum atomic E-state index is 14.0. The summed E-state index contributed by atoms with van der Waals surface area (Å²) in [4.78, 5) is 32.7. The Kier molecular flexibility index (Phi) is 4.11. The first-order valence-corrected chi connectivity index (χ1v) is 9.65. The first-order valence-electron chi connectivity index (χ1n) is 7.91. The van der Waals surface area contributed by atoms with Gasteiger partial charge in [0.1, 0.15) is 4.60 Å². The lowest BCUT2D eigenvalue weighted by Crippen LogP contribution is -2.50. The summed E-state index contributed by atoms with van der Waals surface area (Å²) in [5.74, 6) is -0.944. The minimum Gasteiger partial charge on any atom is -0.332 e. The molecule has 0 spiro atoms. The molecule has 2 bridgehead atoms. The zero-order valence-electron chi connectivity index (χ0n) is 13.4. The monoisotopic (exact) mass is 423 g/mol. The number of hydrogen-bond acceptors (Lipinski definition) is 4. The molecule has 0 aromatic carbocycles. The first kappa shape index (κ1) is 16.7. The zero-order valence-corrected chi connectivity index (χ0v) is 15.8. The molecule has 4 rings (SSSR count). The molecule has 8 heteroatoms. The Hall–Kier alpha value is -1.80. The molecule has 2 fully saturated rings. The quantitative estimate of drug-likeness (QED) is 0.697. The molecule has 2 aromatic heterocycles. The van der Waals surface area contributed by atoms with E-state index in [9.17, 15) is 14.0 Å². The lowest BCUT2D eigenvalue weighted by Gasteiger charge is -2.34. The van der Waals surface area contributed by atoms with Gasteiger partial charge in [0.25, 0.3) is 11.8 Å². The van der Waals surface area contributed by atoms with E-state index in [0.29, 0.717) is 17.7 Å². The van der Waals surface area contributed by atoms with E-state index < -0.39 is 5.82 Å². The number of thiophene rings is 1. The summed E-state index contributed by atoms with van der Waals surface area (Å²) in [7, 11) is 0. The topological polar surface area (TPSA) is 53.5 Å². The van der Waals surface area contributed by atoms with Gasteiger partial charge in [-0.3, -0.25) is 9.59 Å². The number of carbonyl (C=O) groups excluding carboxylic acids is 2. The zero-order chi connectivity index (χ0) is 17.7. The van der Waals surface area contributed by atoms with Crippen LogP contribution in [-0.4, -0.2) is 51.8 Å². The summed E-state index contributed by atoms with van der Waals surface area (Å²) in [6.45, 7) is 2.87. The van der Waals surface area contributed by atoms with Gasteiger partial charge in [-0.05, 0) is 46.3 Å². The standard InChI is InChI=1S/C17H15BrFN3O2S/c1-9-7-25-8-13(9)17(24)22-6-10-2-11(22)5-21(10)16(23)12-3-15(18)20-4-14(12)19/h3-4,7-8,10-11H,2,5-6H2,1H3. The Balaban J connectivity index is 1.51. The van der Waals surface area contributed by atoms with E-state index in [1.807, 2.05) is 22.6 Å². The van der Waals surface area contributed by atoms with Gasteiger partial charge in [0.15, 0.2) is 5.82 Å². The summed E-state index contributed by atoms with van der Waals surface area (Å²) >= 11 is 4.69. The summed E-state index contributed by atoms with van der Waals surface area (Å²) in [6.07, 6.45) is 1.79. The van der Waals surface area contributed by atoms with E-state index in [2.05, 4.69) is 20.9 Å². The Morgan fingerprint density at radius 1 is 1.20 bits per heavy atom. The average Bonchev–Trinajstić information content (AvgIpc) is 3.30. The molecule has 2 saturated heterocycles. The molecule has 25 heavy (non-hydrogen) atoms. The summed E-state index contributed by atoms with van der Waals surface area (Å²) in [5.41, 5.74) is 1.73. The molecular formula is C17H15BrFN3O2S. The number of carbonyl (C=O) groups is 2. The first-order chi connectivity index (χ1) is 12.0. The molecule has 0 radical (unpaired) electrons. The number of rotatable bonds is 2. The van der Waals surface area contributed by atoms with Gasteiger partial charge < -0.3 is 9.80 Å². The van der Waals surface area contributed by atoms with Crippen LogP contribution in [0.4, 0.5) is 4.39 Å². The largest absolute Gasteiger partial charge is 0.332 e. The summed E-state index contributed by atoms with van der Waals surface area (Å²) in [5, 5.41) is 3.83. The van der Waals surface area contributed by atoms with Gasteiger partial charge in [-0.1, -0.05) is 0 Å². The van der Waals surface area contributed by atoms with Crippen LogP contribution >= 0.6 is 27.3 Å². The van der Waals surface area contributed by atoms with Gasteiger partial charge >= 0.3 is 0 Å². The van der Waals surface area contributed by atoms with Crippen molar-refractivity contribution in [3.63, 3.8) is 0 Å². The van der Waals surface area contributed by atoms with Crippen molar-refractivity contribution in [1.82, 2.24) is 14.8 Å². The van der Waals surface area contributed by atoms with Crippen LogP contribution in [0, 0.1) is 12.7 Å². The van der Waals surface area contributed by atoms with Gasteiger partial charge in [-0.25, -0.2) is 9.37 Å². The molecule has 2 amide bonds. The number of halogens is 2. The fourth-order valence-corrected chi connectivity index (χ4v) is 4.78. The van der Waals surface area contributed by atoms with Crippen molar-refractivity contribution in [2.45, 2.75) is 25.4 Å². The van der Waals surface area contributed by atoms with Gasteiger partial charge in [0, 0.05) is 18.5 Å². The highest BCUT2D eigenvalue weighted by Gasteiger charge is 2.47. The second-order valence-electron chi connectivity index (χ2n) is 6.41. The number of piperazine rings is 1. The highest BCUT2D eigenvalue weighted by atomic mass is 79.9. The van der Waals surface area contributed by atoms with Gasteiger partial charge in [0.2, 0.25) is 0 Å². The third-order valence-electron chi connectivity index (χ3n) is 4.90. The van der Waals surface area contributed by atoms with E-state index in [4.69, 9.17) is 0 Å². The van der Waals surface area contributed by atoms with Gasteiger partial charge in [0.05, 0.1) is 29.4 Å². The van der Waals surface area contributed by atoms with Crippen molar-refractivity contribution < 1.29 is 14.0 Å². The third kappa shape index (κ3) is 2.77. The van der Waals surface area contributed by atoms with Crippen molar-refractivity contribution in [3.05, 3.63) is 50.1 Å². The Labute approximate surface area is 156 Å². The van der Waals surface area contributed by atoms with E-state index in [0.717, 1.165) is 23.7 Å². The van der Waals surface area contributed by atoms with E-state index in [-0.39, 0.29) is 29.5 Å². The number of hydrogen-bond donors (Lipinski definition) is 0. The van der Waals surface area contributed by atoms with Crippen molar-refractivity contribution >= 4 is 39.1 Å². The Morgan fingerprint density at radius 3 is 2.40 bits per heavy atom.